The Hall–Kier alpha value is -2.36. The number of amides is 2. The summed E-state index contributed by atoms with van der Waals surface area (Å²) in [6, 6.07) is 17.5. The zero-order chi connectivity index (χ0) is 23.4. The molecule has 32 heavy (non-hydrogen) atoms. The number of carbonyl (C=O) groups excluding carboxylic acids is 2. The fourth-order valence-electron chi connectivity index (χ4n) is 3.80. The molecule has 1 fully saturated rings. The molecule has 172 valence electrons. The van der Waals surface area contributed by atoms with Gasteiger partial charge >= 0.3 is 0 Å². The maximum absolute atomic E-state index is 13.3. The monoisotopic (exact) mass is 475 g/mol. The van der Waals surface area contributed by atoms with Crippen LogP contribution in [0.4, 0.5) is 0 Å². The third-order valence-electron chi connectivity index (χ3n) is 5.73. The van der Waals surface area contributed by atoms with Crippen LogP contribution in [0.25, 0.3) is 0 Å². The molecular formula is C23H29N3O4S2. The number of sulfonamides is 1. The van der Waals surface area contributed by atoms with Gasteiger partial charge in [0.1, 0.15) is 5.54 Å². The molecule has 1 atom stereocenters. The predicted molar refractivity (Wildman–Crippen MR) is 127 cm³/mol. The molecule has 1 unspecified atom stereocenters. The fourth-order valence-corrected chi connectivity index (χ4v) is 5.04. The normalized spacial score (nSPS) is 19.7. The first-order valence-corrected chi connectivity index (χ1v) is 13.4. The second kappa shape index (κ2) is 10.1. The van der Waals surface area contributed by atoms with Gasteiger partial charge < -0.3 is 10.2 Å². The van der Waals surface area contributed by atoms with Gasteiger partial charge in [-0.2, -0.15) is 4.31 Å². The minimum absolute atomic E-state index is 0.0798. The minimum atomic E-state index is -3.63. The molecule has 0 saturated carbocycles. The van der Waals surface area contributed by atoms with E-state index in [2.05, 4.69) is 5.32 Å². The van der Waals surface area contributed by atoms with Crippen molar-refractivity contribution in [3.8, 4) is 0 Å². The van der Waals surface area contributed by atoms with E-state index in [1.807, 2.05) is 60.9 Å². The standard InChI is InChI=1S/C23H29N3O4S2/c1-23(22(28)24-15-19-7-5-4-6-8-19)17-25(32(3,29)30)16-21(27)26(23)14-13-18-9-11-20(31-2)12-10-18/h4-12H,13-17H2,1-3H3,(H,24,28). The van der Waals surface area contributed by atoms with Crippen LogP contribution in [0.5, 0.6) is 0 Å². The van der Waals surface area contributed by atoms with E-state index in [4.69, 9.17) is 0 Å². The van der Waals surface area contributed by atoms with Gasteiger partial charge in [-0.1, -0.05) is 42.5 Å². The van der Waals surface area contributed by atoms with Gasteiger partial charge in [-0.15, -0.1) is 11.8 Å². The lowest BCUT2D eigenvalue weighted by atomic mass is 9.94. The molecule has 1 aliphatic rings. The Labute approximate surface area is 194 Å². The number of piperazine rings is 1. The van der Waals surface area contributed by atoms with E-state index < -0.39 is 15.6 Å². The zero-order valence-electron chi connectivity index (χ0n) is 18.6. The van der Waals surface area contributed by atoms with Crippen molar-refractivity contribution in [2.45, 2.75) is 30.3 Å². The Balaban J connectivity index is 1.80. The van der Waals surface area contributed by atoms with Crippen LogP contribution >= 0.6 is 11.8 Å². The number of rotatable bonds is 8. The molecule has 2 amide bonds. The first kappa shape index (κ1) is 24.3. The quantitative estimate of drug-likeness (QED) is 0.591. The van der Waals surface area contributed by atoms with Crippen molar-refractivity contribution < 1.29 is 18.0 Å². The largest absolute Gasteiger partial charge is 0.350 e. The van der Waals surface area contributed by atoms with E-state index in [9.17, 15) is 18.0 Å². The maximum atomic E-state index is 13.3. The topological polar surface area (TPSA) is 86.8 Å². The van der Waals surface area contributed by atoms with Crippen LogP contribution in [0.3, 0.4) is 0 Å². The molecular weight excluding hydrogens is 446 g/mol. The van der Waals surface area contributed by atoms with Crippen LogP contribution in [-0.2, 0) is 32.6 Å². The maximum Gasteiger partial charge on any atom is 0.247 e. The molecule has 0 bridgehead atoms. The van der Waals surface area contributed by atoms with Crippen molar-refractivity contribution >= 4 is 33.6 Å². The number of thioether (sulfide) groups is 1. The van der Waals surface area contributed by atoms with Crippen LogP contribution < -0.4 is 5.32 Å². The lowest BCUT2D eigenvalue weighted by molar-refractivity contribution is -0.152. The summed E-state index contributed by atoms with van der Waals surface area (Å²) in [6.07, 6.45) is 3.64. The lowest BCUT2D eigenvalue weighted by Gasteiger charge is -2.46. The van der Waals surface area contributed by atoms with Crippen molar-refractivity contribution in [1.82, 2.24) is 14.5 Å². The Morgan fingerprint density at radius 1 is 1.09 bits per heavy atom. The van der Waals surface area contributed by atoms with Gasteiger partial charge in [-0.3, -0.25) is 9.59 Å². The SMILES string of the molecule is CSc1ccc(CCN2C(=O)CN(S(C)(=O)=O)CC2(C)C(=O)NCc2ccccc2)cc1. The molecule has 0 spiro atoms. The van der Waals surface area contributed by atoms with Gasteiger partial charge in [-0.25, -0.2) is 8.42 Å². The van der Waals surface area contributed by atoms with Crippen LogP contribution in [0.2, 0.25) is 0 Å². The summed E-state index contributed by atoms with van der Waals surface area (Å²) in [6.45, 7) is 1.92. The number of carbonyl (C=O) groups is 2. The third-order valence-corrected chi connectivity index (χ3v) is 7.67. The second-order valence-corrected chi connectivity index (χ2v) is 11.0. The zero-order valence-corrected chi connectivity index (χ0v) is 20.2. The van der Waals surface area contributed by atoms with Gasteiger partial charge in [0, 0.05) is 24.5 Å². The van der Waals surface area contributed by atoms with E-state index in [1.54, 1.807) is 18.7 Å². The number of nitrogens with one attached hydrogen (secondary N) is 1. The van der Waals surface area contributed by atoms with Gasteiger partial charge in [0.2, 0.25) is 21.8 Å². The summed E-state index contributed by atoms with van der Waals surface area (Å²) in [5.74, 6) is -0.749. The average molecular weight is 476 g/mol. The smallest absolute Gasteiger partial charge is 0.247 e. The van der Waals surface area contributed by atoms with E-state index in [1.165, 1.54) is 4.90 Å². The number of nitrogens with zero attached hydrogens (tertiary/aromatic N) is 2. The molecule has 7 nitrogen and oxygen atoms in total. The molecule has 1 heterocycles. The van der Waals surface area contributed by atoms with Gasteiger partial charge in [0.25, 0.3) is 0 Å². The molecule has 1 N–H and O–H groups in total. The summed E-state index contributed by atoms with van der Waals surface area (Å²) in [5.41, 5.74) is 0.659. The van der Waals surface area contributed by atoms with Gasteiger partial charge in [0.15, 0.2) is 0 Å². The highest BCUT2D eigenvalue weighted by Gasteiger charge is 2.49. The summed E-state index contributed by atoms with van der Waals surface area (Å²) >= 11 is 1.65. The number of hydrogen-bond donors (Lipinski definition) is 1. The van der Waals surface area contributed by atoms with Crippen LogP contribution in [0, 0.1) is 0 Å². The first-order chi connectivity index (χ1) is 15.1. The van der Waals surface area contributed by atoms with E-state index in [0.29, 0.717) is 19.5 Å². The number of benzene rings is 2. The van der Waals surface area contributed by atoms with Crippen LogP contribution in [0.15, 0.2) is 59.5 Å². The van der Waals surface area contributed by atoms with E-state index in [-0.39, 0.29) is 24.9 Å². The molecule has 9 heteroatoms. The van der Waals surface area contributed by atoms with Crippen molar-refractivity contribution in [3.63, 3.8) is 0 Å². The van der Waals surface area contributed by atoms with Crippen molar-refractivity contribution in [2.24, 2.45) is 0 Å². The minimum Gasteiger partial charge on any atom is -0.350 e. The van der Waals surface area contributed by atoms with Crippen LogP contribution in [-0.4, -0.2) is 67.1 Å². The third kappa shape index (κ3) is 5.70. The Kier molecular flexibility index (Phi) is 7.63. The molecule has 1 aliphatic heterocycles. The lowest BCUT2D eigenvalue weighted by Crippen LogP contribution is -2.69. The molecule has 3 rings (SSSR count). The summed E-state index contributed by atoms with van der Waals surface area (Å²) in [4.78, 5) is 29.0. The molecule has 0 aliphatic carbocycles. The van der Waals surface area contributed by atoms with Gasteiger partial charge in [-0.05, 0) is 42.9 Å². The molecule has 2 aromatic carbocycles. The Morgan fingerprint density at radius 3 is 2.34 bits per heavy atom. The van der Waals surface area contributed by atoms with E-state index >= 15 is 0 Å². The van der Waals surface area contributed by atoms with Crippen LogP contribution in [0.1, 0.15) is 18.1 Å². The van der Waals surface area contributed by atoms with Crippen molar-refractivity contribution in [1.29, 1.82) is 0 Å². The highest BCUT2D eigenvalue weighted by Crippen LogP contribution is 2.25. The highest BCUT2D eigenvalue weighted by atomic mass is 32.2. The van der Waals surface area contributed by atoms with E-state index in [0.717, 1.165) is 26.6 Å². The Bertz CT molecular complexity index is 1060. The van der Waals surface area contributed by atoms with Crippen molar-refractivity contribution in [3.05, 3.63) is 65.7 Å². The second-order valence-electron chi connectivity index (χ2n) is 8.12. The molecule has 0 radical (unpaired) electrons. The summed E-state index contributed by atoms with van der Waals surface area (Å²) < 4.78 is 25.5. The first-order valence-electron chi connectivity index (χ1n) is 10.3. The molecule has 2 aromatic rings. The van der Waals surface area contributed by atoms with Gasteiger partial charge in [0.05, 0.1) is 12.8 Å². The summed E-state index contributed by atoms with van der Waals surface area (Å²) in [5, 5.41) is 2.89. The fraction of sp³-hybridized carbons (Fsp3) is 0.391. The van der Waals surface area contributed by atoms with Crippen molar-refractivity contribution in [2.75, 3.05) is 32.1 Å². The average Bonchev–Trinajstić information content (AvgIpc) is 2.77. The Morgan fingerprint density at radius 2 is 1.75 bits per heavy atom. The summed E-state index contributed by atoms with van der Waals surface area (Å²) in [7, 11) is -3.63. The molecule has 1 saturated heterocycles. The molecule has 0 aromatic heterocycles. The number of hydrogen-bond acceptors (Lipinski definition) is 5. The highest BCUT2D eigenvalue weighted by molar-refractivity contribution is 7.98. The predicted octanol–water partition coefficient (Wildman–Crippen LogP) is 2.13.